The van der Waals surface area contributed by atoms with Crippen molar-refractivity contribution in [2.45, 2.75) is 26.2 Å². The molecule has 1 aliphatic rings. The molecule has 0 radical (unpaired) electrons. The summed E-state index contributed by atoms with van der Waals surface area (Å²) in [5.74, 6) is -1.44. The van der Waals surface area contributed by atoms with Crippen LogP contribution >= 0.6 is 0 Å². The summed E-state index contributed by atoms with van der Waals surface area (Å²) < 4.78 is 0. The second kappa shape index (κ2) is 9.01. The molecular formula is C21H22N4O4. The Hall–Kier alpha value is -3.68. The van der Waals surface area contributed by atoms with Crippen LogP contribution in [0.25, 0.3) is 11.1 Å². The van der Waals surface area contributed by atoms with Gasteiger partial charge in [-0.1, -0.05) is 44.0 Å². The van der Waals surface area contributed by atoms with Crippen LogP contribution in [0.3, 0.4) is 0 Å². The molecule has 150 valence electrons. The van der Waals surface area contributed by atoms with E-state index in [2.05, 4.69) is 22.6 Å². The predicted octanol–water partition coefficient (Wildman–Crippen LogP) is 3.54. The van der Waals surface area contributed by atoms with Crippen molar-refractivity contribution >= 4 is 29.5 Å². The summed E-state index contributed by atoms with van der Waals surface area (Å²) in [6.07, 6.45) is 4.34. The zero-order valence-electron chi connectivity index (χ0n) is 16.0. The summed E-state index contributed by atoms with van der Waals surface area (Å²) in [4.78, 5) is 23.5. The summed E-state index contributed by atoms with van der Waals surface area (Å²) >= 11 is 0. The number of aromatic carboxylic acids is 1. The van der Waals surface area contributed by atoms with E-state index in [9.17, 15) is 14.7 Å². The minimum atomic E-state index is -1.05. The molecule has 0 aliphatic carbocycles. The van der Waals surface area contributed by atoms with E-state index in [4.69, 9.17) is 5.11 Å². The first kappa shape index (κ1) is 20.1. The Bertz CT molecular complexity index is 984. The van der Waals surface area contributed by atoms with E-state index in [1.807, 2.05) is 0 Å². The molecule has 0 spiro atoms. The lowest BCUT2D eigenvalue weighted by Gasteiger charge is -2.11. The fraction of sp³-hybridized carbons (Fsp3) is 0.238. The third-order valence-corrected chi connectivity index (χ3v) is 4.50. The van der Waals surface area contributed by atoms with Crippen LogP contribution in [0, 0.1) is 0 Å². The molecule has 1 heterocycles. The second-order valence-corrected chi connectivity index (χ2v) is 6.58. The summed E-state index contributed by atoms with van der Waals surface area (Å²) in [7, 11) is 0. The number of carbonyl (C=O) groups excluding carboxylic acids is 1. The van der Waals surface area contributed by atoms with Crippen molar-refractivity contribution in [1.29, 1.82) is 0 Å². The van der Waals surface area contributed by atoms with Gasteiger partial charge in [-0.05, 0) is 30.2 Å². The van der Waals surface area contributed by atoms with Crippen molar-refractivity contribution in [3.8, 4) is 16.9 Å². The normalized spacial score (nSPS) is 14.6. The number of benzene rings is 2. The zero-order chi connectivity index (χ0) is 20.8. The smallest absolute Gasteiger partial charge is 0.335 e. The van der Waals surface area contributed by atoms with Crippen LogP contribution in [0.5, 0.6) is 5.75 Å². The van der Waals surface area contributed by atoms with Crippen LogP contribution < -0.4 is 5.43 Å². The molecule has 0 fully saturated rings. The first-order valence-electron chi connectivity index (χ1n) is 9.36. The van der Waals surface area contributed by atoms with Gasteiger partial charge in [0.1, 0.15) is 5.75 Å². The van der Waals surface area contributed by atoms with Gasteiger partial charge in [0.05, 0.1) is 17.5 Å². The monoisotopic (exact) mass is 394 g/mol. The average molecular weight is 394 g/mol. The van der Waals surface area contributed by atoms with Crippen LogP contribution in [0.2, 0.25) is 0 Å². The number of carbonyl (C=O) groups is 2. The number of carboxylic acid groups (broad SMARTS) is 1. The molecule has 2 aromatic rings. The number of aromatic hydroxyl groups is 1. The lowest BCUT2D eigenvalue weighted by atomic mass is 10.0. The summed E-state index contributed by atoms with van der Waals surface area (Å²) in [5.41, 5.74) is 4.28. The zero-order valence-corrected chi connectivity index (χ0v) is 16.0. The number of unbranched alkanes of at least 4 members (excludes halogenated alkanes) is 2. The van der Waals surface area contributed by atoms with Gasteiger partial charge in [-0.3, -0.25) is 10.2 Å². The third-order valence-electron chi connectivity index (χ3n) is 4.50. The Kier molecular flexibility index (Phi) is 6.23. The molecule has 29 heavy (non-hydrogen) atoms. The van der Waals surface area contributed by atoms with Crippen LogP contribution in [0.1, 0.15) is 36.5 Å². The molecular weight excluding hydrogens is 372 g/mol. The third kappa shape index (κ3) is 4.60. The number of carboxylic acids is 1. The highest BCUT2D eigenvalue weighted by Crippen LogP contribution is 2.35. The van der Waals surface area contributed by atoms with E-state index in [-0.39, 0.29) is 22.9 Å². The van der Waals surface area contributed by atoms with Crippen molar-refractivity contribution in [2.24, 2.45) is 10.2 Å². The van der Waals surface area contributed by atoms with Crippen LogP contribution in [0.15, 0.2) is 52.7 Å². The number of rotatable bonds is 8. The van der Waals surface area contributed by atoms with Crippen molar-refractivity contribution in [2.75, 3.05) is 12.0 Å². The Labute approximate surface area is 168 Å². The largest absolute Gasteiger partial charge is 0.505 e. The number of phenolic OH excluding ortho intramolecular Hbond substituents is 1. The molecule has 1 amide bonds. The quantitative estimate of drug-likeness (QED) is 0.360. The van der Waals surface area contributed by atoms with Crippen molar-refractivity contribution < 1.29 is 19.8 Å². The highest BCUT2D eigenvalue weighted by Gasteiger charge is 2.24. The maximum absolute atomic E-state index is 12.3. The number of nitrogens with zero attached hydrogens (tertiary/aromatic N) is 3. The van der Waals surface area contributed by atoms with Crippen molar-refractivity contribution in [3.05, 3.63) is 48.0 Å². The van der Waals surface area contributed by atoms with Crippen molar-refractivity contribution in [1.82, 2.24) is 5.01 Å². The van der Waals surface area contributed by atoms with Gasteiger partial charge in [-0.15, -0.1) is 0 Å². The van der Waals surface area contributed by atoms with Gasteiger partial charge in [-0.25, -0.2) is 9.80 Å². The lowest BCUT2D eigenvalue weighted by molar-refractivity contribution is -0.123. The van der Waals surface area contributed by atoms with E-state index in [0.29, 0.717) is 23.4 Å². The number of hydrogen-bond donors (Lipinski definition) is 3. The van der Waals surface area contributed by atoms with E-state index >= 15 is 0 Å². The van der Waals surface area contributed by atoms with Gasteiger partial charge in [0.2, 0.25) is 0 Å². The number of phenols is 1. The molecule has 0 saturated heterocycles. The molecule has 0 bridgehead atoms. The van der Waals surface area contributed by atoms with Gasteiger partial charge in [-0.2, -0.15) is 10.2 Å². The standard InChI is InChI=1S/C21H22N4O4/c1-2-3-4-11-25-20(27)18(13-22-25)24-23-17-10-6-9-16(19(17)26)14-7-5-8-15(12-14)21(28)29/h5-10,12-13,23,26H,2-4,11H2,1H3,(H,28,29). The van der Waals surface area contributed by atoms with Crippen LogP contribution in [-0.2, 0) is 4.79 Å². The van der Waals surface area contributed by atoms with Gasteiger partial charge >= 0.3 is 5.97 Å². The molecule has 3 rings (SSSR count). The summed E-state index contributed by atoms with van der Waals surface area (Å²) in [6.45, 7) is 2.63. The van der Waals surface area contributed by atoms with E-state index in [1.54, 1.807) is 30.3 Å². The molecule has 8 heteroatoms. The Morgan fingerprint density at radius 3 is 2.76 bits per heavy atom. The first-order valence-corrected chi connectivity index (χ1v) is 9.36. The number of anilines is 1. The van der Waals surface area contributed by atoms with Gasteiger partial charge in [0.25, 0.3) is 5.91 Å². The molecule has 8 nitrogen and oxygen atoms in total. The highest BCUT2D eigenvalue weighted by atomic mass is 16.4. The van der Waals surface area contributed by atoms with Crippen LogP contribution in [-0.4, -0.2) is 45.6 Å². The Balaban J connectivity index is 1.76. The molecule has 3 N–H and O–H groups in total. The minimum Gasteiger partial charge on any atom is -0.505 e. The molecule has 2 aromatic carbocycles. The second-order valence-electron chi connectivity index (χ2n) is 6.58. The van der Waals surface area contributed by atoms with E-state index in [1.165, 1.54) is 23.4 Å². The fourth-order valence-electron chi connectivity index (χ4n) is 2.92. The Morgan fingerprint density at radius 2 is 2.00 bits per heavy atom. The Morgan fingerprint density at radius 1 is 1.21 bits per heavy atom. The number of hydrogen-bond acceptors (Lipinski definition) is 6. The lowest BCUT2D eigenvalue weighted by Crippen LogP contribution is -2.27. The number of amides is 1. The molecule has 0 atom stereocenters. The maximum Gasteiger partial charge on any atom is 0.335 e. The van der Waals surface area contributed by atoms with Gasteiger partial charge in [0.15, 0.2) is 5.71 Å². The maximum atomic E-state index is 12.3. The highest BCUT2D eigenvalue weighted by molar-refractivity contribution is 6.62. The summed E-state index contributed by atoms with van der Waals surface area (Å²) in [5, 5.41) is 29.3. The number of para-hydroxylation sites is 1. The minimum absolute atomic E-state index is 0.0958. The number of nitrogens with one attached hydrogen (secondary N) is 1. The van der Waals surface area contributed by atoms with E-state index in [0.717, 1.165) is 19.3 Å². The number of hydrazone groups is 2. The molecule has 1 aliphatic heterocycles. The predicted molar refractivity (Wildman–Crippen MR) is 111 cm³/mol. The van der Waals surface area contributed by atoms with Gasteiger partial charge < -0.3 is 10.2 Å². The van der Waals surface area contributed by atoms with Crippen LogP contribution in [0.4, 0.5) is 5.69 Å². The summed E-state index contributed by atoms with van der Waals surface area (Å²) in [6, 6.07) is 11.3. The molecule has 0 unspecified atom stereocenters. The SMILES string of the molecule is CCCCCN1N=CC(=NNc2cccc(-c3cccc(C(=O)O)c3)c2O)C1=O. The van der Waals surface area contributed by atoms with E-state index < -0.39 is 5.97 Å². The van der Waals surface area contributed by atoms with Gasteiger partial charge in [0, 0.05) is 12.1 Å². The topological polar surface area (TPSA) is 115 Å². The first-order chi connectivity index (χ1) is 14.0. The average Bonchev–Trinajstić information content (AvgIpc) is 3.07. The van der Waals surface area contributed by atoms with Crippen molar-refractivity contribution in [3.63, 3.8) is 0 Å². The fourth-order valence-corrected chi connectivity index (χ4v) is 2.92. The molecule has 0 aromatic heterocycles. The molecule has 0 saturated carbocycles.